The van der Waals surface area contributed by atoms with Crippen LogP contribution < -0.4 is 4.74 Å². The lowest BCUT2D eigenvalue weighted by atomic mass is 10.1. The van der Waals surface area contributed by atoms with E-state index in [9.17, 15) is 9.59 Å². The molecule has 0 aromatic heterocycles. The van der Waals surface area contributed by atoms with Crippen molar-refractivity contribution < 1.29 is 19.1 Å². The van der Waals surface area contributed by atoms with Gasteiger partial charge in [0.25, 0.3) is 0 Å². The highest BCUT2D eigenvalue weighted by molar-refractivity contribution is 5.96. The highest BCUT2D eigenvalue weighted by Crippen LogP contribution is 2.13. The van der Waals surface area contributed by atoms with Crippen molar-refractivity contribution in [2.75, 3.05) is 13.7 Å². The average molecular weight is 298 g/mol. The molecular formula is C18H18O4. The van der Waals surface area contributed by atoms with E-state index in [0.717, 1.165) is 0 Å². The molecule has 0 radical (unpaired) electrons. The van der Waals surface area contributed by atoms with Gasteiger partial charge in [0.1, 0.15) is 5.75 Å². The summed E-state index contributed by atoms with van der Waals surface area (Å²) >= 11 is 0. The van der Waals surface area contributed by atoms with Crippen LogP contribution in [-0.4, -0.2) is 25.5 Å². The Bertz CT molecular complexity index is 617. The Morgan fingerprint density at radius 3 is 2.23 bits per heavy atom. The van der Waals surface area contributed by atoms with Gasteiger partial charge in [0.2, 0.25) is 0 Å². The fraction of sp³-hybridized carbons (Fsp3) is 0.222. The van der Waals surface area contributed by atoms with E-state index in [0.29, 0.717) is 29.7 Å². The van der Waals surface area contributed by atoms with Gasteiger partial charge in [0.15, 0.2) is 5.78 Å². The molecule has 0 saturated carbocycles. The van der Waals surface area contributed by atoms with Crippen LogP contribution >= 0.6 is 0 Å². The molecule has 2 aromatic carbocycles. The van der Waals surface area contributed by atoms with Crippen molar-refractivity contribution in [3.8, 4) is 5.75 Å². The predicted molar refractivity (Wildman–Crippen MR) is 83.3 cm³/mol. The molecule has 0 unspecified atom stereocenters. The van der Waals surface area contributed by atoms with Crippen LogP contribution in [0.3, 0.4) is 0 Å². The Morgan fingerprint density at radius 1 is 0.909 bits per heavy atom. The topological polar surface area (TPSA) is 52.6 Å². The molecule has 4 nitrogen and oxygen atoms in total. The summed E-state index contributed by atoms with van der Waals surface area (Å²) in [6, 6.07) is 15.8. The summed E-state index contributed by atoms with van der Waals surface area (Å²) in [6.07, 6.45) is 0.845. The molecule has 4 heteroatoms. The summed E-state index contributed by atoms with van der Waals surface area (Å²) < 4.78 is 10.2. The van der Waals surface area contributed by atoms with Gasteiger partial charge in [-0.2, -0.15) is 0 Å². The van der Waals surface area contributed by atoms with Crippen LogP contribution in [-0.2, 0) is 4.74 Å². The van der Waals surface area contributed by atoms with Crippen LogP contribution in [0.4, 0.5) is 0 Å². The van der Waals surface area contributed by atoms with Crippen molar-refractivity contribution in [2.24, 2.45) is 0 Å². The first kappa shape index (κ1) is 15.8. The van der Waals surface area contributed by atoms with Crippen molar-refractivity contribution in [3.63, 3.8) is 0 Å². The maximum absolute atomic E-state index is 12.0. The highest BCUT2D eigenvalue weighted by atomic mass is 16.5. The van der Waals surface area contributed by atoms with Crippen LogP contribution in [0.2, 0.25) is 0 Å². The van der Waals surface area contributed by atoms with Gasteiger partial charge < -0.3 is 9.47 Å². The zero-order valence-electron chi connectivity index (χ0n) is 12.5. The lowest BCUT2D eigenvalue weighted by Gasteiger charge is -2.05. The number of ether oxygens (including phenoxy) is 2. The van der Waals surface area contributed by atoms with Gasteiger partial charge in [-0.1, -0.05) is 18.2 Å². The van der Waals surface area contributed by atoms with E-state index in [1.165, 1.54) is 0 Å². The molecule has 114 valence electrons. The third-order valence-electron chi connectivity index (χ3n) is 3.20. The van der Waals surface area contributed by atoms with Gasteiger partial charge in [0.05, 0.1) is 19.3 Å². The average Bonchev–Trinajstić information content (AvgIpc) is 2.59. The first-order chi connectivity index (χ1) is 10.7. The normalized spacial score (nSPS) is 10.0. The molecule has 22 heavy (non-hydrogen) atoms. The predicted octanol–water partition coefficient (Wildman–Crippen LogP) is 3.52. The summed E-state index contributed by atoms with van der Waals surface area (Å²) in [4.78, 5) is 23.7. The lowest BCUT2D eigenvalue weighted by Crippen LogP contribution is -2.08. The minimum Gasteiger partial charge on any atom is -0.497 e. The Kier molecular flexibility index (Phi) is 5.72. The van der Waals surface area contributed by atoms with Gasteiger partial charge in [-0.15, -0.1) is 0 Å². The third-order valence-corrected chi connectivity index (χ3v) is 3.20. The fourth-order valence-corrected chi connectivity index (χ4v) is 1.98. The maximum atomic E-state index is 12.0. The Labute approximate surface area is 129 Å². The quantitative estimate of drug-likeness (QED) is 0.446. The summed E-state index contributed by atoms with van der Waals surface area (Å²) in [5, 5.41) is 0. The number of Topliss-reactive ketones (excluding diaryl/α,β-unsaturated/α-hetero) is 1. The molecule has 0 heterocycles. The first-order valence-corrected chi connectivity index (χ1v) is 7.10. The Hall–Kier alpha value is -2.62. The standard InChI is InChI=1S/C18H18O4/c1-21-16-11-9-14(10-12-16)17(19)8-5-13-22-18(20)15-6-3-2-4-7-15/h2-4,6-7,9-12H,5,8,13H2,1H3. The minimum atomic E-state index is -0.363. The summed E-state index contributed by atoms with van der Waals surface area (Å²) in [6.45, 7) is 0.232. The van der Waals surface area contributed by atoms with Crippen LogP contribution in [0, 0.1) is 0 Å². The van der Waals surface area contributed by atoms with Gasteiger partial charge in [-0.25, -0.2) is 4.79 Å². The van der Waals surface area contributed by atoms with E-state index in [1.807, 2.05) is 6.07 Å². The SMILES string of the molecule is COc1ccc(C(=O)CCCOC(=O)c2ccccc2)cc1. The van der Waals surface area contributed by atoms with Crippen LogP contribution in [0.25, 0.3) is 0 Å². The zero-order valence-corrected chi connectivity index (χ0v) is 12.5. The molecular weight excluding hydrogens is 280 g/mol. The fourth-order valence-electron chi connectivity index (χ4n) is 1.98. The smallest absolute Gasteiger partial charge is 0.338 e. The Morgan fingerprint density at radius 2 is 1.59 bits per heavy atom. The summed E-state index contributed by atoms with van der Waals surface area (Å²) in [5.41, 5.74) is 1.15. The number of ketones is 1. The molecule has 2 aromatic rings. The number of rotatable bonds is 7. The molecule has 0 amide bonds. The molecule has 0 atom stereocenters. The Balaban J connectivity index is 1.74. The van der Waals surface area contributed by atoms with E-state index in [4.69, 9.17) is 9.47 Å². The number of carbonyl (C=O) groups excluding carboxylic acids is 2. The molecule has 0 bridgehead atoms. The molecule has 0 N–H and O–H groups in total. The van der Waals surface area contributed by atoms with E-state index in [1.54, 1.807) is 55.6 Å². The number of hydrogen-bond donors (Lipinski definition) is 0. The second-order valence-electron chi connectivity index (χ2n) is 4.76. The number of esters is 1. The van der Waals surface area contributed by atoms with E-state index >= 15 is 0 Å². The van der Waals surface area contributed by atoms with Crippen molar-refractivity contribution in [3.05, 3.63) is 65.7 Å². The lowest BCUT2D eigenvalue weighted by molar-refractivity contribution is 0.0494. The monoisotopic (exact) mass is 298 g/mol. The van der Waals surface area contributed by atoms with Crippen molar-refractivity contribution >= 4 is 11.8 Å². The van der Waals surface area contributed by atoms with Crippen LogP contribution in [0.1, 0.15) is 33.6 Å². The van der Waals surface area contributed by atoms with Gasteiger partial charge in [-0.05, 0) is 42.8 Å². The maximum Gasteiger partial charge on any atom is 0.338 e. The third kappa shape index (κ3) is 4.45. The van der Waals surface area contributed by atoms with Gasteiger partial charge in [0, 0.05) is 12.0 Å². The molecule has 0 saturated heterocycles. The molecule has 0 aliphatic heterocycles. The zero-order chi connectivity index (χ0) is 15.8. The number of carbonyl (C=O) groups is 2. The van der Waals surface area contributed by atoms with Crippen LogP contribution in [0.5, 0.6) is 5.75 Å². The largest absolute Gasteiger partial charge is 0.497 e. The van der Waals surface area contributed by atoms with E-state index < -0.39 is 0 Å². The van der Waals surface area contributed by atoms with Gasteiger partial charge in [-0.3, -0.25) is 4.79 Å². The van der Waals surface area contributed by atoms with Crippen LogP contribution in [0.15, 0.2) is 54.6 Å². The van der Waals surface area contributed by atoms with E-state index in [-0.39, 0.29) is 18.4 Å². The minimum absolute atomic E-state index is 0.0263. The van der Waals surface area contributed by atoms with Gasteiger partial charge >= 0.3 is 5.97 Å². The number of benzene rings is 2. The highest BCUT2D eigenvalue weighted by Gasteiger charge is 2.08. The second kappa shape index (κ2) is 7.98. The molecule has 2 rings (SSSR count). The molecule has 0 spiro atoms. The molecule has 0 fully saturated rings. The van der Waals surface area contributed by atoms with Crippen molar-refractivity contribution in [2.45, 2.75) is 12.8 Å². The molecule has 0 aliphatic rings. The summed E-state index contributed by atoms with van der Waals surface area (Å²) in [7, 11) is 1.58. The first-order valence-electron chi connectivity index (χ1n) is 7.10. The van der Waals surface area contributed by atoms with Crippen molar-refractivity contribution in [1.29, 1.82) is 0 Å². The number of methoxy groups -OCH3 is 1. The number of hydrogen-bond acceptors (Lipinski definition) is 4. The van der Waals surface area contributed by atoms with E-state index in [2.05, 4.69) is 0 Å². The molecule has 0 aliphatic carbocycles. The van der Waals surface area contributed by atoms with Crippen molar-refractivity contribution in [1.82, 2.24) is 0 Å². The second-order valence-corrected chi connectivity index (χ2v) is 4.76. The summed E-state index contributed by atoms with van der Waals surface area (Å²) in [5.74, 6) is 0.379.